The fraction of sp³-hybridized carbons (Fsp3) is 0.909. The Bertz CT molecular complexity index is 185. The van der Waals surface area contributed by atoms with Gasteiger partial charge in [0.15, 0.2) is 0 Å². The molecular weight excluding hydrogens is 192 g/mol. The molecule has 1 amide bonds. The van der Waals surface area contributed by atoms with Crippen molar-refractivity contribution in [1.29, 1.82) is 0 Å². The maximum absolute atomic E-state index is 11.6. The van der Waals surface area contributed by atoms with Crippen LogP contribution in [0.4, 0.5) is 0 Å². The standard InChI is InChI=1S/C11H24N2O2/c1-5-12-6-8(2)11(15)13-10(4)9(3)7-14/h8-10,12,14H,5-7H2,1-4H3,(H,13,15). The second-order valence-electron chi connectivity index (χ2n) is 4.17. The summed E-state index contributed by atoms with van der Waals surface area (Å²) in [6.45, 7) is 9.42. The first-order valence-corrected chi connectivity index (χ1v) is 5.64. The van der Waals surface area contributed by atoms with Crippen molar-refractivity contribution in [2.75, 3.05) is 19.7 Å². The van der Waals surface area contributed by atoms with E-state index in [1.807, 2.05) is 27.7 Å². The third-order valence-electron chi connectivity index (χ3n) is 2.66. The van der Waals surface area contributed by atoms with Gasteiger partial charge in [0.25, 0.3) is 0 Å². The van der Waals surface area contributed by atoms with Crippen LogP contribution in [-0.2, 0) is 4.79 Å². The van der Waals surface area contributed by atoms with Gasteiger partial charge in [0.1, 0.15) is 0 Å². The minimum Gasteiger partial charge on any atom is -0.396 e. The summed E-state index contributed by atoms with van der Waals surface area (Å²) in [5.74, 6) is 0.113. The number of amides is 1. The first kappa shape index (κ1) is 14.4. The average Bonchev–Trinajstić information content (AvgIpc) is 2.24. The van der Waals surface area contributed by atoms with Crippen molar-refractivity contribution < 1.29 is 9.90 Å². The molecule has 0 fully saturated rings. The fourth-order valence-electron chi connectivity index (χ4n) is 1.12. The van der Waals surface area contributed by atoms with E-state index in [1.54, 1.807) is 0 Å². The highest BCUT2D eigenvalue weighted by molar-refractivity contribution is 5.78. The van der Waals surface area contributed by atoms with Crippen LogP contribution >= 0.6 is 0 Å². The molecule has 4 heteroatoms. The van der Waals surface area contributed by atoms with Crippen LogP contribution in [0.15, 0.2) is 0 Å². The van der Waals surface area contributed by atoms with Crippen molar-refractivity contribution >= 4 is 5.91 Å². The van der Waals surface area contributed by atoms with Gasteiger partial charge in [-0.3, -0.25) is 4.79 Å². The Morgan fingerprint density at radius 1 is 1.33 bits per heavy atom. The Hall–Kier alpha value is -0.610. The molecule has 4 nitrogen and oxygen atoms in total. The molecule has 90 valence electrons. The van der Waals surface area contributed by atoms with Gasteiger partial charge in [0.05, 0.1) is 0 Å². The highest BCUT2D eigenvalue weighted by Crippen LogP contribution is 2.02. The van der Waals surface area contributed by atoms with Gasteiger partial charge in [-0.05, 0) is 19.4 Å². The molecule has 0 aromatic heterocycles. The Morgan fingerprint density at radius 2 is 1.93 bits per heavy atom. The smallest absolute Gasteiger partial charge is 0.224 e. The second kappa shape index (κ2) is 7.65. The van der Waals surface area contributed by atoms with Crippen molar-refractivity contribution in [3.63, 3.8) is 0 Å². The van der Waals surface area contributed by atoms with Crippen molar-refractivity contribution in [3.8, 4) is 0 Å². The minimum atomic E-state index is -0.0294. The van der Waals surface area contributed by atoms with Gasteiger partial charge in [-0.15, -0.1) is 0 Å². The van der Waals surface area contributed by atoms with Crippen molar-refractivity contribution in [2.45, 2.75) is 33.7 Å². The van der Waals surface area contributed by atoms with Gasteiger partial charge in [0.2, 0.25) is 5.91 Å². The Labute approximate surface area is 92.4 Å². The van der Waals surface area contributed by atoms with E-state index >= 15 is 0 Å². The molecule has 3 unspecified atom stereocenters. The molecule has 0 saturated heterocycles. The monoisotopic (exact) mass is 216 g/mol. The SMILES string of the molecule is CCNCC(C)C(=O)NC(C)C(C)CO. The van der Waals surface area contributed by atoms with E-state index in [0.717, 1.165) is 6.54 Å². The molecule has 15 heavy (non-hydrogen) atoms. The van der Waals surface area contributed by atoms with E-state index in [2.05, 4.69) is 10.6 Å². The van der Waals surface area contributed by atoms with E-state index in [-0.39, 0.29) is 30.4 Å². The third-order valence-corrected chi connectivity index (χ3v) is 2.66. The van der Waals surface area contributed by atoms with Crippen LogP contribution in [0, 0.1) is 11.8 Å². The molecule has 0 heterocycles. The van der Waals surface area contributed by atoms with E-state index in [4.69, 9.17) is 5.11 Å². The lowest BCUT2D eigenvalue weighted by atomic mass is 10.0. The van der Waals surface area contributed by atoms with Gasteiger partial charge >= 0.3 is 0 Å². The van der Waals surface area contributed by atoms with Gasteiger partial charge in [-0.1, -0.05) is 20.8 Å². The number of rotatable bonds is 7. The second-order valence-corrected chi connectivity index (χ2v) is 4.17. The van der Waals surface area contributed by atoms with Crippen molar-refractivity contribution in [1.82, 2.24) is 10.6 Å². The molecule has 0 rings (SSSR count). The van der Waals surface area contributed by atoms with Crippen LogP contribution < -0.4 is 10.6 Å². The largest absolute Gasteiger partial charge is 0.396 e. The minimum absolute atomic E-state index is 0.0200. The molecule has 0 aliphatic rings. The summed E-state index contributed by atoms with van der Waals surface area (Å²) in [4.78, 5) is 11.6. The molecule has 3 N–H and O–H groups in total. The predicted molar refractivity (Wildman–Crippen MR) is 61.6 cm³/mol. The summed E-state index contributed by atoms with van der Waals surface area (Å²) in [6.07, 6.45) is 0. The zero-order valence-electron chi connectivity index (χ0n) is 10.2. The lowest BCUT2D eigenvalue weighted by Crippen LogP contribution is -2.43. The summed E-state index contributed by atoms with van der Waals surface area (Å²) < 4.78 is 0. The van der Waals surface area contributed by atoms with E-state index in [0.29, 0.717) is 6.54 Å². The first-order valence-electron chi connectivity index (χ1n) is 5.64. The van der Waals surface area contributed by atoms with Gasteiger partial charge < -0.3 is 15.7 Å². The van der Waals surface area contributed by atoms with E-state index in [9.17, 15) is 4.79 Å². The number of hydrogen-bond donors (Lipinski definition) is 3. The molecule has 0 aromatic rings. The van der Waals surface area contributed by atoms with Crippen LogP contribution in [-0.4, -0.2) is 36.8 Å². The number of carbonyl (C=O) groups is 1. The summed E-state index contributed by atoms with van der Waals surface area (Å²) in [6, 6.07) is 0.0200. The average molecular weight is 216 g/mol. The highest BCUT2D eigenvalue weighted by Gasteiger charge is 2.17. The zero-order valence-corrected chi connectivity index (χ0v) is 10.2. The Morgan fingerprint density at radius 3 is 2.40 bits per heavy atom. The maximum atomic E-state index is 11.6. The molecule has 0 aromatic carbocycles. The Kier molecular flexibility index (Phi) is 7.34. The third kappa shape index (κ3) is 5.74. The summed E-state index contributed by atoms with van der Waals surface area (Å²) in [5, 5.41) is 15.0. The van der Waals surface area contributed by atoms with Gasteiger partial charge in [0, 0.05) is 25.1 Å². The lowest BCUT2D eigenvalue weighted by Gasteiger charge is -2.21. The fourth-order valence-corrected chi connectivity index (χ4v) is 1.12. The topological polar surface area (TPSA) is 61.4 Å². The van der Waals surface area contributed by atoms with Crippen molar-refractivity contribution in [2.24, 2.45) is 11.8 Å². The predicted octanol–water partition coefficient (Wildman–Crippen LogP) is 0.365. The molecule has 0 aliphatic carbocycles. The number of hydrogen-bond acceptors (Lipinski definition) is 3. The van der Waals surface area contributed by atoms with Crippen LogP contribution in [0.2, 0.25) is 0 Å². The van der Waals surface area contributed by atoms with Crippen molar-refractivity contribution in [3.05, 3.63) is 0 Å². The maximum Gasteiger partial charge on any atom is 0.224 e. The number of carbonyl (C=O) groups excluding carboxylic acids is 1. The lowest BCUT2D eigenvalue weighted by molar-refractivity contribution is -0.125. The normalized spacial score (nSPS) is 16.9. The summed E-state index contributed by atoms with van der Waals surface area (Å²) in [7, 11) is 0. The molecular formula is C11H24N2O2. The van der Waals surface area contributed by atoms with E-state index < -0.39 is 0 Å². The summed E-state index contributed by atoms with van der Waals surface area (Å²) in [5.41, 5.74) is 0. The molecule has 0 saturated carbocycles. The molecule has 3 atom stereocenters. The highest BCUT2D eigenvalue weighted by atomic mass is 16.3. The number of aliphatic hydroxyl groups excluding tert-OH is 1. The van der Waals surface area contributed by atoms with Crippen LogP contribution in [0.5, 0.6) is 0 Å². The van der Waals surface area contributed by atoms with Crippen LogP contribution in [0.25, 0.3) is 0 Å². The van der Waals surface area contributed by atoms with E-state index in [1.165, 1.54) is 0 Å². The van der Waals surface area contributed by atoms with Crippen LogP contribution in [0.3, 0.4) is 0 Å². The quantitative estimate of drug-likeness (QED) is 0.576. The molecule has 0 bridgehead atoms. The molecule has 0 radical (unpaired) electrons. The number of aliphatic hydroxyl groups is 1. The first-order chi connectivity index (χ1) is 7.02. The Balaban J connectivity index is 3.90. The zero-order chi connectivity index (χ0) is 11.8. The molecule has 0 aliphatic heterocycles. The van der Waals surface area contributed by atoms with Gasteiger partial charge in [-0.2, -0.15) is 0 Å². The summed E-state index contributed by atoms with van der Waals surface area (Å²) >= 11 is 0. The number of nitrogens with one attached hydrogen (secondary N) is 2. The van der Waals surface area contributed by atoms with Crippen LogP contribution in [0.1, 0.15) is 27.7 Å². The van der Waals surface area contributed by atoms with Gasteiger partial charge in [-0.25, -0.2) is 0 Å². The molecule has 0 spiro atoms.